The molecule has 132 valence electrons. The van der Waals surface area contributed by atoms with Gasteiger partial charge >= 0.3 is 5.97 Å². The molecule has 0 spiro atoms. The van der Waals surface area contributed by atoms with Gasteiger partial charge in [-0.05, 0) is 59.0 Å². The van der Waals surface area contributed by atoms with Gasteiger partial charge in [0, 0.05) is 15.2 Å². The molecule has 1 aromatic heterocycles. The number of benzene rings is 2. The maximum absolute atomic E-state index is 12.2. The van der Waals surface area contributed by atoms with E-state index in [0.29, 0.717) is 22.8 Å². The molecule has 3 aromatic rings. The van der Waals surface area contributed by atoms with Gasteiger partial charge in [-0.2, -0.15) is 0 Å². The van der Waals surface area contributed by atoms with Gasteiger partial charge in [0.1, 0.15) is 11.5 Å². The molecule has 0 radical (unpaired) electrons. The fourth-order valence-corrected chi connectivity index (χ4v) is 2.92. The van der Waals surface area contributed by atoms with Gasteiger partial charge in [-0.15, -0.1) is 10.2 Å². The monoisotopic (exact) mass is 462 g/mol. The molecular weight excluding hydrogens is 447 g/mol. The van der Waals surface area contributed by atoms with Gasteiger partial charge in [0.2, 0.25) is 5.88 Å². The minimum absolute atomic E-state index is 0.125. The zero-order valence-electron chi connectivity index (χ0n) is 14.1. The molecule has 2 aromatic carbocycles. The Balaban J connectivity index is 1.83. The second kappa shape index (κ2) is 8.13. The van der Waals surface area contributed by atoms with Gasteiger partial charge in [-0.3, -0.25) is 0 Å². The third kappa shape index (κ3) is 3.93. The zero-order valence-corrected chi connectivity index (χ0v) is 16.3. The SMILES string of the molecule is COc1ccc(OC)c(-c2ccc(OC(=O)c3ccccc3I)nn2)c1. The van der Waals surface area contributed by atoms with Gasteiger partial charge in [-0.1, -0.05) is 12.1 Å². The molecule has 3 rings (SSSR count). The lowest BCUT2D eigenvalue weighted by Crippen LogP contribution is -2.11. The first-order chi connectivity index (χ1) is 12.6. The van der Waals surface area contributed by atoms with Crippen molar-refractivity contribution in [1.82, 2.24) is 10.2 Å². The molecule has 26 heavy (non-hydrogen) atoms. The highest BCUT2D eigenvalue weighted by atomic mass is 127. The highest BCUT2D eigenvalue weighted by molar-refractivity contribution is 14.1. The van der Waals surface area contributed by atoms with Crippen molar-refractivity contribution in [3.63, 3.8) is 0 Å². The Morgan fingerprint density at radius 3 is 2.42 bits per heavy atom. The molecule has 0 bridgehead atoms. The van der Waals surface area contributed by atoms with Crippen LogP contribution < -0.4 is 14.2 Å². The van der Waals surface area contributed by atoms with E-state index in [1.54, 1.807) is 56.7 Å². The van der Waals surface area contributed by atoms with Crippen molar-refractivity contribution >= 4 is 28.6 Å². The average molecular weight is 462 g/mol. The van der Waals surface area contributed by atoms with Crippen LogP contribution in [0.3, 0.4) is 0 Å². The van der Waals surface area contributed by atoms with Crippen molar-refractivity contribution in [3.05, 3.63) is 63.7 Å². The van der Waals surface area contributed by atoms with E-state index in [1.165, 1.54) is 0 Å². The molecule has 0 unspecified atom stereocenters. The van der Waals surface area contributed by atoms with Crippen molar-refractivity contribution in [2.75, 3.05) is 14.2 Å². The lowest BCUT2D eigenvalue weighted by atomic mass is 10.1. The number of rotatable bonds is 5. The maximum Gasteiger partial charge on any atom is 0.345 e. The van der Waals surface area contributed by atoms with Gasteiger partial charge in [0.25, 0.3) is 0 Å². The summed E-state index contributed by atoms with van der Waals surface area (Å²) in [6.45, 7) is 0. The highest BCUT2D eigenvalue weighted by Gasteiger charge is 2.14. The Labute approximate surface area is 164 Å². The second-order valence-corrected chi connectivity index (χ2v) is 6.35. The summed E-state index contributed by atoms with van der Waals surface area (Å²) in [7, 11) is 3.17. The van der Waals surface area contributed by atoms with E-state index in [0.717, 1.165) is 9.13 Å². The number of hydrogen-bond donors (Lipinski definition) is 0. The highest BCUT2D eigenvalue weighted by Crippen LogP contribution is 2.32. The predicted molar refractivity (Wildman–Crippen MR) is 105 cm³/mol. The van der Waals surface area contributed by atoms with E-state index >= 15 is 0 Å². The molecular formula is C19H15IN2O4. The van der Waals surface area contributed by atoms with Crippen LogP contribution in [0.4, 0.5) is 0 Å². The van der Waals surface area contributed by atoms with Crippen LogP contribution in [0, 0.1) is 3.57 Å². The molecule has 0 fully saturated rings. The minimum Gasteiger partial charge on any atom is -0.497 e. The molecule has 7 heteroatoms. The van der Waals surface area contributed by atoms with Gasteiger partial charge in [0.05, 0.1) is 25.5 Å². The van der Waals surface area contributed by atoms with Crippen LogP contribution in [0.1, 0.15) is 10.4 Å². The largest absolute Gasteiger partial charge is 0.497 e. The Hall–Kier alpha value is -2.68. The molecule has 0 saturated carbocycles. The Bertz CT molecular complexity index is 929. The molecule has 6 nitrogen and oxygen atoms in total. The van der Waals surface area contributed by atoms with Gasteiger partial charge in [-0.25, -0.2) is 4.79 Å². The summed E-state index contributed by atoms with van der Waals surface area (Å²) < 4.78 is 16.7. The Kier molecular flexibility index (Phi) is 5.67. The summed E-state index contributed by atoms with van der Waals surface area (Å²) in [5, 5.41) is 8.13. The van der Waals surface area contributed by atoms with Crippen molar-refractivity contribution in [2.45, 2.75) is 0 Å². The number of carbonyl (C=O) groups excluding carboxylic acids is 1. The van der Waals surface area contributed by atoms with Crippen LogP contribution >= 0.6 is 22.6 Å². The van der Waals surface area contributed by atoms with E-state index in [-0.39, 0.29) is 5.88 Å². The summed E-state index contributed by atoms with van der Waals surface area (Å²) in [5.74, 6) is 0.969. The van der Waals surface area contributed by atoms with Crippen molar-refractivity contribution < 1.29 is 19.0 Å². The number of esters is 1. The van der Waals surface area contributed by atoms with Crippen LogP contribution in [0.2, 0.25) is 0 Å². The number of methoxy groups -OCH3 is 2. The summed E-state index contributed by atoms with van der Waals surface area (Å²) >= 11 is 2.08. The molecule has 0 atom stereocenters. The van der Waals surface area contributed by atoms with Crippen LogP contribution in [-0.4, -0.2) is 30.4 Å². The first-order valence-electron chi connectivity index (χ1n) is 7.65. The normalized spacial score (nSPS) is 10.3. The molecule has 0 aliphatic heterocycles. The van der Waals surface area contributed by atoms with Gasteiger partial charge < -0.3 is 14.2 Å². The van der Waals surface area contributed by atoms with E-state index in [4.69, 9.17) is 14.2 Å². The number of nitrogens with zero attached hydrogens (tertiary/aromatic N) is 2. The average Bonchev–Trinajstić information content (AvgIpc) is 2.68. The summed E-state index contributed by atoms with van der Waals surface area (Å²) in [6.07, 6.45) is 0. The molecule has 1 heterocycles. The zero-order chi connectivity index (χ0) is 18.5. The third-order valence-electron chi connectivity index (χ3n) is 3.61. The lowest BCUT2D eigenvalue weighted by Gasteiger charge is -2.10. The predicted octanol–water partition coefficient (Wildman–Crippen LogP) is 3.98. The number of ether oxygens (including phenoxy) is 3. The molecule has 0 N–H and O–H groups in total. The molecule has 0 saturated heterocycles. The van der Waals surface area contributed by atoms with E-state index < -0.39 is 5.97 Å². The van der Waals surface area contributed by atoms with Gasteiger partial charge in [0.15, 0.2) is 0 Å². The van der Waals surface area contributed by atoms with E-state index in [2.05, 4.69) is 32.8 Å². The van der Waals surface area contributed by atoms with Crippen LogP contribution in [0.25, 0.3) is 11.3 Å². The first kappa shape index (κ1) is 18.1. The number of hydrogen-bond acceptors (Lipinski definition) is 6. The quantitative estimate of drug-likeness (QED) is 0.422. The van der Waals surface area contributed by atoms with Crippen molar-refractivity contribution in [3.8, 4) is 28.6 Å². The number of halogens is 1. The minimum atomic E-state index is -0.476. The van der Waals surface area contributed by atoms with Crippen LogP contribution in [-0.2, 0) is 0 Å². The molecule has 0 amide bonds. The lowest BCUT2D eigenvalue weighted by molar-refractivity contribution is 0.0724. The summed E-state index contributed by atoms with van der Waals surface area (Å²) in [4.78, 5) is 12.2. The second-order valence-electron chi connectivity index (χ2n) is 5.19. The van der Waals surface area contributed by atoms with E-state index in [1.807, 2.05) is 12.1 Å². The number of carbonyl (C=O) groups is 1. The Morgan fingerprint density at radius 1 is 0.962 bits per heavy atom. The fourth-order valence-electron chi connectivity index (χ4n) is 2.31. The van der Waals surface area contributed by atoms with E-state index in [9.17, 15) is 4.79 Å². The standard InChI is InChI=1S/C19H15IN2O4/c1-24-12-7-9-17(25-2)14(11-12)16-8-10-18(22-21-16)26-19(23)13-5-3-4-6-15(13)20/h3-11H,1-2H3. The maximum atomic E-state index is 12.2. The van der Waals surface area contributed by atoms with Crippen LogP contribution in [0.5, 0.6) is 17.4 Å². The summed E-state index contributed by atoms with van der Waals surface area (Å²) in [6, 6.07) is 15.9. The smallest absolute Gasteiger partial charge is 0.345 e. The third-order valence-corrected chi connectivity index (χ3v) is 4.55. The van der Waals surface area contributed by atoms with Crippen molar-refractivity contribution in [2.24, 2.45) is 0 Å². The van der Waals surface area contributed by atoms with Crippen LogP contribution in [0.15, 0.2) is 54.6 Å². The fraction of sp³-hybridized carbons (Fsp3) is 0.105. The number of aromatic nitrogens is 2. The summed E-state index contributed by atoms with van der Waals surface area (Å²) in [5.41, 5.74) is 1.79. The van der Waals surface area contributed by atoms with Crippen molar-refractivity contribution in [1.29, 1.82) is 0 Å². The first-order valence-corrected chi connectivity index (χ1v) is 8.73. The molecule has 0 aliphatic carbocycles. The topological polar surface area (TPSA) is 70.5 Å². The molecule has 0 aliphatic rings. The Morgan fingerprint density at radius 2 is 1.77 bits per heavy atom.